The van der Waals surface area contributed by atoms with Gasteiger partial charge in [0.05, 0.1) is 12.1 Å². The molecule has 0 saturated heterocycles. The zero-order chi connectivity index (χ0) is 13.4. The van der Waals surface area contributed by atoms with Gasteiger partial charge in [0, 0.05) is 12.4 Å². The van der Waals surface area contributed by atoms with E-state index >= 15 is 0 Å². The average molecular weight is 258 g/mol. The predicted molar refractivity (Wildman–Crippen MR) is 74.3 cm³/mol. The number of para-hydroxylation sites is 1. The summed E-state index contributed by atoms with van der Waals surface area (Å²) in [4.78, 5) is 11.7. The third kappa shape index (κ3) is 1.97. The maximum atomic E-state index is 11.7. The number of fused-ring (bicyclic) bond motifs is 1. The van der Waals surface area contributed by atoms with Crippen LogP contribution in [0.3, 0.4) is 0 Å². The van der Waals surface area contributed by atoms with Gasteiger partial charge in [-0.25, -0.2) is 0 Å². The summed E-state index contributed by atoms with van der Waals surface area (Å²) >= 11 is 0. The van der Waals surface area contributed by atoms with Gasteiger partial charge >= 0.3 is 0 Å². The molecule has 2 N–H and O–H groups in total. The first kappa shape index (κ1) is 12.1. The molecule has 1 aliphatic carbocycles. The van der Waals surface area contributed by atoms with E-state index in [1.807, 2.05) is 35.9 Å². The largest absolute Gasteiger partial charge is 0.490 e. The lowest BCUT2D eigenvalue weighted by Crippen LogP contribution is -2.21. The number of ether oxygens (including phenoxy) is 1. The van der Waals surface area contributed by atoms with Crippen molar-refractivity contribution in [3.63, 3.8) is 0 Å². The van der Waals surface area contributed by atoms with Crippen molar-refractivity contribution in [3.05, 3.63) is 30.0 Å². The standard InChI is InChI=1S/C15H18N2O2/c1-17-12-8-3-2-7-11(12)14(13(17)15(16)18)19-9-10-5-4-6-10/h2-3,7-8,10H,4-6,9H2,1H3,(H2,16,18). The number of aromatic nitrogens is 1. The van der Waals surface area contributed by atoms with Gasteiger partial charge < -0.3 is 15.0 Å². The van der Waals surface area contributed by atoms with Crippen LogP contribution in [-0.2, 0) is 7.05 Å². The molecule has 0 aliphatic heterocycles. The fourth-order valence-corrected chi connectivity index (χ4v) is 2.64. The molecule has 1 aliphatic rings. The van der Waals surface area contributed by atoms with Gasteiger partial charge in [-0.15, -0.1) is 0 Å². The molecule has 100 valence electrons. The highest BCUT2D eigenvalue weighted by molar-refractivity contribution is 6.03. The number of carbonyl (C=O) groups excluding carboxylic acids is 1. The van der Waals surface area contributed by atoms with Crippen LogP contribution in [0.25, 0.3) is 10.9 Å². The van der Waals surface area contributed by atoms with Gasteiger partial charge in [0.25, 0.3) is 5.91 Å². The number of rotatable bonds is 4. The van der Waals surface area contributed by atoms with Crippen LogP contribution in [0.1, 0.15) is 29.8 Å². The molecule has 2 aromatic rings. The molecule has 19 heavy (non-hydrogen) atoms. The Hall–Kier alpha value is -1.97. The minimum Gasteiger partial charge on any atom is -0.490 e. The second-order valence-electron chi connectivity index (χ2n) is 5.23. The fourth-order valence-electron chi connectivity index (χ4n) is 2.64. The minimum atomic E-state index is -0.442. The molecule has 3 rings (SSSR count). The number of benzene rings is 1. The van der Waals surface area contributed by atoms with Crippen LogP contribution in [-0.4, -0.2) is 17.1 Å². The molecule has 1 saturated carbocycles. The van der Waals surface area contributed by atoms with Crippen molar-refractivity contribution in [2.75, 3.05) is 6.61 Å². The van der Waals surface area contributed by atoms with Gasteiger partial charge in [0.15, 0.2) is 5.75 Å². The summed E-state index contributed by atoms with van der Waals surface area (Å²) in [5.41, 5.74) is 6.92. The molecule has 0 radical (unpaired) electrons. The molecule has 0 spiro atoms. The number of nitrogens with two attached hydrogens (primary N) is 1. The van der Waals surface area contributed by atoms with Crippen molar-refractivity contribution in [1.82, 2.24) is 4.57 Å². The molecular weight excluding hydrogens is 240 g/mol. The maximum Gasteiger partial charge on any atom is 0.269 e. The number of hydrogen-bond acceptors (Lipinski definition) is 2. The highest BCUT2D eigenvalue weighted by Crippen LogP contribution is 2.34. The minimum absolute atomic E-state index is 0.442. The van der Waals surface area contributed by atoms with E-state index in [4.69, 9.17) is 10.5 Å². The Morgan fingerprint density at radius 3 is 2.79 bits per heavy atom. The fraction of sp³-hybridized carbons (Fsp3) is 0.400. The van der Waals surface area contributed by atoms with Crippen LogP contribution in [0, 0.1) is 5.92 Å². The van der Waals surface area contributed by atoms with Crippen LogP contribution in [0.5, 0.6) is 5.75 Å². The zero-order valence-corrected chi connectivity index (χ0v) is 11.1. The number of aryl methyl sites for hydroxylation is 1. The topological polar surface area (TPSA) is 57.2 Å². The highest BCUT2D eigenvalue weighted by atomic mass is 16.5. The lowest BCUT2D eigenvalue weighted by molar-refractivity contribution is 0.0985. The normalized spacial score (nSPS) is 15.4. The first-order valence-corrected chi connectivity index (χ1v) is 6.68. The Morgan fingerprint density at radius 2 is 2.16 bits per heavy atom. The van der Waals surface area contributed by atoms with E-state index in [2.05, 4.69) is 0 Å². The summed E-state index contributed by atoms with van der Waals surface area (Å²) in [5.74, 6) is 0.819. The van der Waals surface area contributed by atoms with Gasteiger partial charge in [0.1, 0.15) is 5.69 Å². The highest BCUT2D eigenvalue weighted by Gasteiger charge is 2.23. The van der Waals surface area contributed by atoms with Crippen molar-refractivity contribution in [2.45, 2.75) is 19.3 Å². The lowest BCUT2D eigenvalue weighted by Gasteiger charge is -2.25. The van der Waals surface area contributed by atoms with Gasteiger partial charge in [-0.05, 0) is 30.9 Å². The third-order valence-electron chi connectivity index (χ3n) is 3.98. The van der Waals surface area contributed by atoms with Crippen LogP contribution in [0.2, 0.25) is 0 Å². The summed E-state index contributed by atoms with van der Waals surface area (Å²) in [5, 5.41) is 0.957. The van der Waals surface area contributed by atoms with Crippen LogP contribution < -0.4 is 10.5 Å². The second-order valence-corrected chi connectivity index (χ2v) is 5.23. The van der Waals surface area contributed by atoms with Crippen molar-refractivity contribution in [3.8, 4) is 5.75 Å². The quantitative estimate of drug-likeness (QED) is 0.915. The summed E-state index contributed by atoms with van der Waals surface area (Å²) in [6.45, 7) is 0.675. The molecule has 1 aromatic heterocycles. The lowest BCUT2D eigenvalue weighted by atomic mass is 9.86. The smallest absolute Gasteiger partial charge is 0.269 e. The van der Waals surface area contributed by atoms with Crippen molar-refractivity contribution in [1.29, 1.82) is 0 Å². The molecular formula is C15H18N2O2. The average Bonchev–Trinajstić information content (AvgIpc) is 2.62. The SMILES string of the molecule is Cn1c(C(N)=O)c(OCC2CCC2)c2ccccc21. The summed E-state index contributed by atoms with van der Waals surface area (Å²) in [6, 6.07) is 7.84. The first-order chi connectivity index (χ1) is 9.18. The number of primary amides is 1. The van der Waals surface area contributed by atoms with Crippen molar-refractivity contribution < 1.29 is 9.53 Å². The van der Waals surface area contributed by atoms with E-state index in [0.29, 0.717) is 24.0 Å². The molecule has 0 bridgehead atoms. The van der Waals surface area contributed by atoms with Crippen LogP contribution in [0.4, 0.5) is 0 Å². The Bertz CT molecular complexity index is 626. The van der Waals surface area contributed by atoms with E-state index in [-0.39, 0.29) is 0 Å². The van der Waals surface area contributed by atoms with E-state index in [1.165, 1.54) is 19.3 Å². The van der Waals surface area contributed by atoms with Crippen molar-refractivity contribution in [2.24, 2.45) is 18.7 Å². The van der Waals surface area contributed by atoms with E-state index in [0.717, 1.165) is 10.9 Å². The molecule has 4 heteroatoms. The van der Waals surface area contributed by atoms with Crippen LogP contribution in [0.15, 0.2) is 24.3 Å². The summed E-state index contributed by atoms with van der Waals surface area (Å²) < 4.78 is 7.73. The molecule has 0 unspecified atom stereocenters. The molecule has 1 amide bonds. The first-order valence-electron chi connectivity index (χ1n) is 6.68. The number of carbonyl (C=O) groups is 1. The van der Waals surface area contributed by atoms with Gasteiger partial charge in [-0.2, -0.15) is 0 Å². The monoisotopic (exact) mass is 258 g/mol. The third-order valence-corrected chi connectivity index (χ3v) is 3.98. The number of hydrogen-bond donors (Lipinski definition) is 1. The Balaban J connectivity index is 2.03. The molecule has 0 atom stereocenters. The zero-order valence-electron chi connectivity index (χ0n) is 11.1. The van der Waals surface area contributed by atoms with Gasteiger partial charge in [-0.3, -0.25) is 4.79 Å². The molecule has 1 heterocycles. The second kappa shape index (κ2) is 4.61. The molecule has 1 fully saturated rings. The van der Waals surface area contributed by atoms with E-state index in [9.17, 15) is 4.79 Å². The maximum absolute atomic E-state index is 11.7. The van der Waals surface area contributed by atoms with E-state index in [1.54, 1.807) is 0 Å². The summed E-state index contributed by atoms with van der Waals surface area (Å²) in [7, 11) is 1.85. The predicted octanol–water partition coefficient (Wildman–Crippen LogP) is 2.46. The Morgan fingerprint density at radius 1 is 1.42 bits per heavy atom. The molecule has 4 nitrogen and oxygen atoms in total. The van der Waals surface area contributed by atoms with Gasteiger partial charge in [0.2, 0.25) is 0 Å². The Labute approximate surface area is 112 Å². The van der Waals surface area contributed by atoms with Crippen LogP contribution >= 0.6 is 0 Å². The Kier molecular flexibility index (Phi) is 2.93. The molecule has 1 aromatic carbocycles. The van der Waals surface area contributed by atoms with E-state index < -0.39 is 5.91 Å². The van der Waals surface area contributed by atoms with Crippen molar-refractivity contribution >= 4 is 16.8 Å². The summed E-state index contributed by atoms with van der Waals surface area (Å²) in [6.07, 6.45) is 3.72. The number of nitrogens with zero attached hydrogens (tertiary/aromatic N) is 1. The number of amides is 1. The van der Waals surface area contributed by atoms with Gasteiger partial charge in [-0.1, -0.05) is 18.6 Å².